The molecule has 8 heteroatoms. The Morgan fingerprint density at radius 1 is 1.18 bits per heavy atom. The van der Waals surface area contributed by atoms with Gasteiger partial charge in [0.05, 0.1) is 12.1 Å². The van der Waals surface area contributed by atoms with Gasteiger partial charge >= 0.3 is 0 Å². The fraction of sp³-hybridized carbons (Fsp3) is 0.480. The molecule has 0 unspecified atom stereocenters. The first-order valence-electron chi connectivity index (χ1n) is 11.4. The average molecular weight is 454 g/mol. The maximum Gasteiger partial charge on any atom is 0.239 e. The number of likely N-dealkylation sites (tertiary alicyclic amines) is 1. The zero-order valence-electron chi connectivity index (χ0n) is 19.7. The van der Waals surface area contributed by atoms with Crippen LogP contribution in [0.25, 0.3) is 0 Å². The van der Waals surface area contributed by atoms with Crippen molar-refractivity contribution < 1.29 is 14.0 Å². The summed E-state index contributed by atoms with van der Waals surface area (Å²) < 4.78 is 15.2. The van der Waals surface area contributed by atoms with Crippen LogP contribution in [0.4, 0.5) is 10.2 Å². The zero-order chi connectivity index (χ0) is 24.1. The smallest absolute Gasteiger partial charge is 0.239 e. The lowest BCUT2D eigenvalue weighted by molar-refractivity contribution is -0.127. The van der Waals surface area contributed by atoms with E-state index in [0.29, 0.717) is 43.9 Å². The van der Waals surface area contributed by atoms with Gasteiger partial charge in [0.15, 0.2) is 0 Å². The van der Waals surface area contributed by atoms with Gasteiger partial charge in [-0.3, -0.25) is 14.5 Å². The van der Waals surface area contributed by atoms with Crippen LogP contribution in [-0.4, -0.2) is 47.0 Å². The van der Waals surface area contributed by atoms with Crippen molar-refractivity contribution in [3.8, 4) is 6.07 Å². The molecule has 1 aromatic heterocycles. The second-order valence-corrected chi connectivity index (χ2v) is 9.02. The molecule has 0 aliphatic carbocycles. The van der Waals surface area contributed by atoms with Crippen molar-refractivity contribution >= 4 is 17.6 Å². The van der Waals surface area contributed by atoms with E-state index in [1.54, 1.807) is 12.1 Å². The van der Waals surface area contributed by atoms with Crippen LogP contribution in [0.15, 0.2) is 24.3 Å². The van der Waals surface area contributed by atoms with E-state index in [9.17, 15) is 19.2 Å². The van der Waals surface area contributed by atoms with Crippen molar-refractivity contribution in [1.29, 1.82) is 5.26 Å². The molecule has 1 aliphatic heterocycles. The summed E-state index contributed by atoms with van der Waals surface area (Å²) in [5, 5.41) is 15.6. The number of halogens is 1. The number of hydrogen-bond donors (Lipinski definition) is 2. The SMILES string of the molecule is Cc1c(C#N)c(NC(=O)CN2CCC(C(=O)NC(C)C)CC2)n(Cc2ccc(F)cc2)c1C. The van der Waals surface area contributed by atoms with Gasteiger partial charge in [-0.2, -0.15) is 5.26 Å². The highest BCUT2D eigenvalue weighted by atomic mass is 19.1. The topological polar surface area (TPSA) is 90.2 Å². The van der Waals surface area contributed by atoms with Crippen molar-refractivity contribution in [2.75, 3.05) is 25.0 Å². The molecule has 2 heterocycles. The molecule has 1 saturated heterocycles. The molecule has 0 atom stereocenters. The van der Waals surface area contributed by atoms with E-state index in [1.807, 2.05) is 37.2 Å². The van der Waals surface area contributed by atoms with E-state index in [0.717, 1.165) is 16.8 Å². The van der Waals surface area contributed by atoms with Gasteiger partial charge in [0.1, 0.15) is 17.7 Å². The number of anilines is 1. The maximum absolute atomic E-state index is 13.3. The molecule has 3 rings (SSSR count). The summed E-state index contributed by atoms with van der Waals surface area (Å²) in [4.78, 5) is 27.1. The van der Waals surface area contributed by atoms with Gasteiger partial charge in [0.25, 0.3) is 0 Å². The minimum absolute atomic E-state index is 0.0184. The number of carbonyl (C=O) groups is 2. The zero-order valence-corrected chi connectivity index (χ0v) is 19.7. The summed E-state index contributed by atoms with van der Waals surface area (Å²) in [5.41, 5.74) is 3.00. The van der Waals surface area contributed by atoms with Gasteiger partial charge in [-0.05, 0) is 76.9 Å². The number of nitrogens with zero attached hydrogens (tertiary/aromatic N) is 3. The van der Waals surface area contributed by atoms with Gasteiger partial charge in [0, 0.05) is 24.2 Å². The molecular formula is C25H32FN5O2. The summed E-state index contributed by atoms with van der Waals surface area (Å²) in [6.07, 6.45) is 1.43. The molecule has 2 aromatic rings. The highest BCUT2D eigenvalue weighted by Gasteiger charge is 2.27. The molecule has 1 fully saturated rings. The van der Waals surface area contributed by atoms with Gasteiger partial charge in [-0.15, -0.1) is 0 Å². The molecule has 1 aromatic carbocycles. The Bertz CT molecular complexity index is 1040. The van der Waals surface area contributed by atoms with Crippen LogP contribution in [0, 0.1) is 36.9 Å². The largest absolute Gasteiger partial charge is 0.354 e. The Morgan fingerprint density at radius 2 is 1.82 bits per heavy atom. The molecule has 0 saturated carbocycles. The van der Waals surface area contributed by atoms with Crippen LogP contribution in [0.2, 0.25) is 0 Å². The molecule has 2 amide bonds. The second kappa shape index (κ2) is 10.6. The van der Waals surface area contributed by atoms with E-state index in [-0.39, 0.29) is 36.1 Å². The molecule has 0 bridgehead atoms. The Kier molecular flexibility index (Phi) is 7.88. The van der Waals surface area contributed by atoms with Crippen LogP contribution in [0.1, 0.15) is 49.1 Å². The van der Waals surface area contributed by atoms with Gasteiger partial charge in [-0.1, -0.05) is 12.1 Å². The highest BCUT2D eigenvalue weighted by Crippen LogP contribution is 2.27. The van der Waals surface area contributed by atoms with Crippen molar-refractivity contribution in [2.24, 2.45) is 5.92 Å². The summed E-state index contributed by atoms with van der Waals surface area (Å²) in [7, 11) is 0. The summed E-state index contributed by atoms with van der Waals surface area (Å²) in [6, 6.07) is 8.52. The molecular weight excluding hydrogens is 421 g/mol. The highest BCUT2D eigenvalue weighted by molar-refractivity contribution is 5.93. The van der Waals surface area contributed by atoms with Crippen LogP contribution in [0.5, 0.6) is 0 Å². The fourth-order valence-electron chi connectivity index (χ4n) is 4.23. The normalized spacial score (nSPS) is 14.8. The minimum atomic E-state index is -0.309. The number of carbonyl (C=O) groups excluding carboxylic acids is 2. The van der Waals surface area contributed by atoms with Crippen LogP contribution >= 0.6 is 0 Å². The lowest BCUT2D eigenvalue weighted by atomic mass is 9.95. The monoisotopic (exact) mass is 453 g/mol. The average Bonchev–Trinajstić information content (AvgIpc) is 2.98. The predicted octanol–water partition coefficient (Wildman–Crippen LogP) is 3.34. The number of nitriles is 1. The third-order valence-electron chi connectivity index (χ3n) is 6.21. The van der Waals surface area contributed by atoms with Gasteiger partial charge in [0.2, 0.25) is 11.8 Å². The Hall–Kier alpha value is -3.18. The first kappa shape index (κ1) is 24.5. The van der Waals surface area contributed by atoms with Gasteiger partial charge in [-0.25, -0.2) is 4.39 Å². The first-order chi connectivity index (χ1) is 15.7. The van der Waals surface area contributed by atoms with Crippen molar-refractivity contribution in [2.45, 2.75) is 53.1 Å². The van der Waals surface area contributed by atoms with Crippen molar-refractivity contribution in [3.63, 3.8) is 0 Å². The maximum atomic E-state index is 13.3. The molecule has 2 N–H and O–H groups in total. The number of amides is 2. The van der Waals surface area contributed by atoms with Crippen LogP contribution in [-0.2, 0) is 16.1 Å². The number of piperidine rings is 1. The van der Waals surface area contributed by atoms with Crippen LogP contribution < -0.4 is 10.6 Å². The summed E-state index contributed by atoms with van der Waals surface area (Å²) in [6.45, 7) is 9.61. The van der Waals surface area contributed by atoms with E-state index >= 15 is 0 Å². The van der Waals surface area contributed by atoms with E-state index in [1.165, 1.54) is 12.1 Å². The number of aromatic nitrogens is 1. The molecule has 0 radical (unpaired) electrons. The predicted molar refractivity (Wildman–Crippen MR) is 125 cm³/mol. The Balaban J connectivity index is 1.67. The molecule has 1 aliphatic rings. The molecule has 7 nitrogen and oxygen atoms in total. The van der Waals surface area contributed by atoms with E-state index < -0.39 is 0 Å². The van der Waals surface area contributed by atoms with E-state index in [2.05, 4.69) is 16.7 Å². The first-order valence-corrected chi connectivity index (χ1v) is 11.4. The summed E-state index contributed by atoms with van der Waals surface area (Å²) in [5.74, 6) is 0.0193. The number of nitrogens with one attached hydrogen (secondary N) is 2. The number of benzene rings is 1. The fourth-order valence-corrected chi connectivity index (χ4v) is 4.23. The third-order valence-corrected chi connectivity index (χ3v) is 6.21. The number of rotatable bonds is 7. The number of hydrogen-bond acceptors (Lipinski definition) is 4. The van der Waals surface area contributed by atoms with Crippen molar-refractivity contribution in [1.82, 2.24) is 14.8 Å². The second-order valence-electron chi connectivity index (χ2n) is 9.02. The standard InChI is InChI=1S/C25H32FN5O2/c1-16(2)28-25(33)20-9-11-30(12-10-20)15-23(32)29-24-22(13-27)17(3)18(4)31(24)14-19-5-7-21(26)8-6-19/h5-8,16,20H,9-12,14-15H2,1-4H3,(H,28,33)(H,29,32). The molecule has 176 valence electrons. The minimum Gasteiger partial charge on any atom is -0.354 e. The summed E-state index contributed by atoms with van der Waals surface area (Å²) >= 11 is 0. The molecule has 33 heavy (non-hydrogen) atoms. The van der Waals surface area contributed by atoms with Crippen molar-refractivity contribution in [3.05, 3.63) is 52.5 Å². The Labute approximate surface area is 194 Å². The lowest BCUT2D eigenvalue weighted by Crippen LogP contribution is -2.44. The Morgan fingerprint density at radius 3 is 2.39 bits per heavy atom. The lowest BCUT2D eigenvalue weighted by Gasteiger charge is -2.31. The third kappa shape index (κ3) is 5.99. The molecule has 0 spiro atoms. The quantitative estimate of drug-likeness (QED) is 0.673. The van der Waals surface area contributed by atoms with E-state index in [4.69, 9.17) is 0 Å². The van der Waals surface area contributed by atoms with Crippen LogP contribution in [0.3, 0.4) is 0 Å². The van der Waals surface area contributed by atoms with Gasteiger partial charge < -0.3 is 15.2 Å².